The molecule has 2 N–H and O–H groups in total. The summed E-state index contributed by atoms with van der Waals surface area (Å²) in [6, 6.07) is 11.1. The van der Waals surface area contributed by atoms with Gasteiger partial charge in [-0.15, -0.1) is 0 Å². The molecule has 0 radical (unpaired) electrons. The predicted molar refractivity (Wildman–Crippen MR) is 174 cm³/mol. The Hall–Kier alpha value is -2.59. The minimum Gasteiger partial charge on any atom is -0.487 e. The molecule has 0 aromatic heterocycles. The molecule has 2 aromatic carbocycles. The van der Waals surface area contributed by atoms with E-state index in [-0.39, 0.29) is 30.1 Å². The number of nitrogens with one attached hydrogen (secondary N) is 1. The van der Waals surface area contributed by atoms with E-state index >= 15 is 0 Å². The van der Waals surface area contributed by atoms with E-state index in [4.69, 9.17) is 21.1 Å². The van der Waals surface area contributed by atoms with Crippen molar-refractivity contribution in [2.75, 3.05) is 24.6 Å². The fourth-order valence-corrected chi connectivity index (χ4v) is 7.87. The maximum absolute atomic E-state index is 13.4. The molecule has 2 heterocycles. The molecule has 1 amide bonds. The third kappa shape index (κ3) is 7.79. The molecule has 2 bridgehead atoms. The normalized spacial score (nSPS) is 29.0. The smallest absolute Gasteiger partial charge is 0.264 e. The topological polar surface area (TPSA) is 105 Å². The maximum atomic E-state index is 13.4. The van der Waals surface area contributed by atoms with Crippen molar-refractivity contribution in [3.63, 3.8) is 0 Å². The number of sulfonamides is 1. The van der Waals surface area contributed by atoms with Crippen molar-refractivity contribution < 1.29 is 27.8 Å². The minimum atomic E-state index is -3.93. The van der Waals surface area contributed by atoms with Gasteiger partial charge >= 0.3 is 0 Å². The van der Waals surface area contributed by atoms with Crippen molar-refractivity contribution in [3.8, 4) is 5.75 Å². The lowest BCUT2D eigenvalue weighted by Gasteiger charge is -2.44. The molecule has 5 rings (SSSR count). The van der Waals surface area contributed by atoms with Crippen molar-refractivity contribution in [1.82, 2.24) is 4.72 Å². The van der Waals surface area contributed by atoms with Gasteiger partial charge in [0.05, 0.1) is 29.8 Å². The Morgan fingerprint density at radius 1 is 1.14 bits per heavy atom. The maximum Gasteiger partial charge on any atom is 0.264 e. The molecule has 1 aliphatic carbocycles. The highest BCUT2D eigenvalue weighted by Crippen LogP contribution is 2.42. The second-order valence-electron chi connectivity index (χ2n) is 12.8. The second-order valence-corrected chi connectivity index (χ2v) is 15.2. The summed E-state index contributed by atoms with van der Waals surface area (Å²) in [6.07, 6.45) is 8.64. The monoisotopic (exact) mass is 644 g/mol. The number of carbonyl (C=O) groups is 1. The molecule has 0 saturated heterocycles. The minimum absolute atomic E-state index is 0.180. The van der Waals surface area contributed by atoms with Crippen molar-refractivity contribution in [1.29, 1.82) is 0 Å². The molecule has 0 spiro atoms. The first-order valence-corrected chi connectivity index (χ1v) is 17.8. The molecule has 2 aliphatic heterocycles. The average Bonchev–Trinajstić information content (AvgIpc) is 2.99. The zero-order valence-electron chi connectivity index (χ0n) is 25.9. The first-order chi connectivity index (χ1) is 21.0. The molecule has 3 unspecified atom stereocenters. The van der Waals surface area contributed by atoms with Crippen molar-refractivity contribution in [2.45, 2.75) is 83.4 Å². The molecule has 1 fully saturated rings. The highest BCUT2D eigenvalue weighted by atomic mass is 35.5. The molecule has 2 aromatic rings. The number of anilines is 1. The number of amides is 1. The molecular weight excluding hydrogens is 600 g/mol. The number of ether oxygens (including phenoxy) is 2. The number of hydrogen-bond donors (Lipinski definition) is 2. The van der Waals surface area contributed by atoms with Crippen LogP contribution in [0, 0.1) is 17.8 Å². The predicted octanol–water partition coefficient (Wildman–Crippen LogP) is 5.90. The SMILES string of the molecule is CC1C/C=C/C(OC[C@H](C)O)[C@@H]2CC[C@H]2CN2CCCCc3cc(Cl)ccc3COc3ccc(cc32)C(=O)NS(=O)(=O)C1C. The summed E-state index contributed by atoms with van der Waals surface area (Å²) in [5.41, 5.74) is 3.30. The van der Waals surface area contributed by atoms with E-state index in [1.165, 1.54) is 5.56 Å². The molecule has 6 atom stereocenters. The van der Waals surface area contributed by atoms with Gasteiger partial charge in [-0.1, -0.05) is 36.7 Å². The summed E-state index contributed by atoms with van der Waals surface area (Å²) >= 11 is 6.33. The van der Waals surface area contributed by atoms with Gasteiger partial charge in [-0.2, -0.15) is 0 Å². The standard InChI is InChI=1S/C34H45ClN2O6S/c1-22-7-6-9-32(42-20-23(2)38)30-14-11-27(30)19-37-16-5-4-8-25-17-29(35)13-10-28(25)21-43-33-15-12-26(18-31(33)37)34(39)36-44(40,41)24(22)3/h6,9-10,12-13,15,17-18,22-24,27,30,32,38H,4-5,7-8,11,14,16,19-21H2,1-3H3,(H,36,39)/b9-6+/t22?,23-,24?,27-,30+,32?/m0/s1. The van der Waals surface area contributed by atoms with Gasteiger partial charge in [0.1, 0.15) is 12.4 Å². The third-order valence-electron chi connectivity index (χ3n) is 9.48. The number of rotatable bonds is 3. The van der Waals surface area contributed by atoms with Crippen LogP contribution in [0.15, 0.2) is 48.6 Å². The molecular formula is C34H45ClN2O6S. The van der Waals surface area contributed by atoms with Gasteiger partial charge in [0.25, 0.3) is 5.91 Å². The lowest BCUT2D eigenvalue weighted by Crippen LogP contribution is -2.44. The number of nitrogens with zero attached hydrogens (tertiary/aromatic N) is 1. The van der Waals surface area contributed by atoms with Crippen LogP contribution >= 0.6 is 11.6 Å². The first-order valence-electron chi connectivity index (χ1n) is 15.8. The van der Waals surface area contributed by atoms with Crippen molar-refractivity contribution in [3.05, 3.63) is 70.3 Å². The van der Waals surface area contributed by atoms with Crippen molar-refractivity contribution in [2.24, 2.45) is 17.8 Å². The van der Waals surface area contributed by atoms with Crippen LogP contribution in [-0.2, 0) is 27.8 Å². The number of halogens is 1. The van der Waals surface area contributed by atoms with E-state index in [9.17, 15) is 18.3 Å². The number of benzene rings is 2. The summed E-state index contributed by atoms with van der Waals surface area (Å²) in [5, 5.41) is 9.89. The van der Waals surface area contributed by atoms with Gasteiger partial charge < -0.3 is 19.5 Å². The average molecular weight is 645 g/mol. The Kier molecular flexibility index (Phi) is 10.6. The molecule has 8 nitrogen and oxygen atoms in total. The van der Waals surface area contributed by atoms with Gasteiger partial charge in [-0.25, -0.2) is 13.1 Å². The largest absolute Gasteiger partial charge is 0.487 e. The first kappa shape index (κ1) is 32.8. The zero-order chi connectivity index (χ0) is 31.4. The Bertz CT molecular complexity index is 1460. The molecule has 3 aliphatic rings. The van der Waals surface area contributed by atoms with Gasteiger partial charge in [0.2, 0.25) is 10.0 Å². The Morgan fingerprint density at radius 3 is 2.70 bits per heavy atom. The summed E-state index contributed by atoms with van der Waals surface area (Å²) < 4.78 is 41.5. The summed E-state index contributed by atoms with van der Waals surface area (Å²) in [6.45, 7) is 7.32. The summed E-state index contributed by atoms with van der Waals surface area (Å²) in [7, 11) is -3.93. The number of aryl methyl sites for hydroxylation is 1. The number of hydrogen-bond acceptors (Lipinski definition) is 7. The molecule has 1 saturated carbocycles. The fraction of sp³-hybridized carbons (Fsp3) is 0.559. The van der Waals surface area contributed by atoms with E-state index in [1.807, 2.05) is 37.3 Å². The van der Waals surface area contributed by atoms with Gasteiger partial charge in [0, 0.05) is 23.7 Å². The summed E-state index contributed by atoms with van der Waals surface area (Å²) in [5.74, 6) is 0.377. The van der Waals surface area contributed by atoms with Crippen LogP contribution in [-0.4, -0.2) is 56.6 Å². The van der Waals surface area contributed by atoms with E-state index in [2.05, 4.69) is 9.62 Å². The molecule has 240 valence electrons. The lowest BCUT2D eigenvalue weighted by molar-refractivity contribution is -0.0436. The molecule has 10 heteroatoms. The second kappa shape index (κ2) is 14.2. The summed E-state index contributed by atoms with van der Waals surface area (Å²) in [4.78, 5) is 15.7. The number of carbonyl (C=O) groups excluding carboxylic acids is 1. The van der Waals surface area contributed by atoms with Crippen LogP contribution in [0.4, 0.5) is 5.69 Å². The number of fused-ring (bicyclic) bond motifs is 3. The zero-order valence-corrected chi connectivity index (χ0v) is 27.4. The number of aliphatic hydroxyl groups excluding tert-OH is 1. The van der Waals surface area contributed by atoms with Crippen LogP contribution in [0.25, 0.3) is 0 Å². The van der Waals surface area contributed by atoms with Crippen molar-refractivity contribution >= 4 is 33.2 Å². The Balaban J connectivity index is 1.54. The van der Waals surface area contributed by atoms with Gasteiger partial charge in [0.15, 0.2) is 0 Å². The lowest BCUT2D eigenvalue weighted by atomic mass is 9.70. The Labute approximate surface area is 266 Å². The highest BCUT2D eigenvalue weighted by molar-refractivity contribution is 7.90. The van der Waals surface area contributed by atoms with E-state index in [1.54, 1.807) is 32.0 Å². The third-order valence-corrected chi connectivity index (χ3v) is 11.6. The van der Waals surface area contributed by atoms with E-state index < -0.39 is 27.3 Å². The fourth-order valence-electron chi connectivity index (χ4n) is 6.39. The van der Waals surface area contributed by atoms with Crippen LogP contribution in [0.3, 0.4) is 0 Å². The van der Waals surface area contributed by atoms with Crippen LogP contribution in [0.2, 0.25) is 5.02 Å². The highest BCUT2D eigenvalue weighted by Gasteiger charge is 2.38. The van der Waals surface area contributed by atoms with Crippen LogP contribution in [0.1, 0.15) is 74.4 Å². The molecule has 44 heavy (non-hydrogen) atoms. The Morgan fingerprint density at radius 2 is 1.95 bits per heavy atom. The van der Waals surface area contributed by atoms with Crippen LogP contribution in [0.5, 0.6) is 5.75 Å². The van der Waals surface area contributed by atoms with Gasteiger partial charge in [-0.05, 0) is 112 Å². The number of allylic oxidation sites excluding steroid dienone is 1. The van der Waals surface area contributed by atoms with Crippen LogP contribution < -0.4 is 14.4 Å². The van der Waals surface area contributed by atoms with E-state index in [0.717, 1.165) is 56.4 Å². The van der Waals surface area contributed by atoms with E-state index in [0.29, 0.717) is 29.7 Å². The number of aliphatic hydroxyl groups is 1. The quantitative estimate of drug-likeness (QED) is 0.401. The van der Waals surface area contributed by atoms with Gasteiger partial charge in [-0.3, -0.25) is 4.79 Å².